The minimum Gasteiger partial charge on any atom is -0.439 e. The Morgan fingerprint density at radius 1 is 1.04 bits per heavy atom. The fraction of sp³-hybridized carbons (Fsp3) is 0.0952. The average molecular weight is 326 g/mol. The minimum atomic E-state index is -1.01. The fourth-order valence-corrected chi connectivity index (χ4v) is 3.01. The zero-order chi connectivity index (χ0) is 17.2. The van der Waals surface area contributed by atoms with Crippen LogP contribution in [0.1, 0.15) is 17.4 Å². The summed E-state index contributed by atoms with van der Waals surface area (Å²) in [6.45, 7) is 0. The van der Waals surface area contributed by atoms with Crippen LogP contribution in [0.15, 0.2) is 71.1 Å². The maximum Gasteiger partial charge on any atom is 0.220 e. The Labute approximate surface area is 144 Å². The first-order chi connectivity index (χ1) is 12.3. The topological polar surface area (TPSA) is 66.9 Å². The molecule has 0 aliphatic rings. The first-order valence-electron chi connectivity index (χ1n) is 8.01. The molecule has 4 aromatic rings. The van der Waals surface area contributed by atoms with Gasteiger partial charge in [-0.15, -0.1) is 0 Å². The molecule has 0 amide bonds. The molecule has 4 nitrogen and oxygen atoms in total. The number of hydrogen-bond acceptors (Lipinski definition) is 4. The molecule has 1 unspecified atom stereocenters. The first-order valence-corrected chi connectivity index (χ1v) is 8.01. The molecule has 4 rings (SSSR count). The second-order valence-corrected chi connectivity index (χ2v) is 5.86. The van der Waals surface area contributed by atoms with Gasteiger partial charge in [-0.05, 0) is 28.5 Å². The highest BCUT2D eigenvalue weighted by Gasteiger charge is 2.26. The van der Waals surface area contributed by atoms with Gasteiger partial charge in [0.2, 0.25) is 5.89 Å². The van der Waals surface area contributed by atoms with Crippen molar-refractivity contribution in [1.82, 2.24) is 4.98 Å². The lowest BCUT2D eigenvalue weighted by Gasteiger charge is -2.07. The molecule has 0 spiro atoms. The maximum atomic E-state index is 12.7. The van der Waals surface area contributed by atoms with E-state index in [1.54, 1.807) is 12.1 Å². The molecule has 0 aliphatic carbocycles. The monoisotopic (exact) mass is 326 g/mol. The molecule has 1 atom stereocenters. The molecule has 25 heavy (non-hydrogen) atoms. The third kappa shape index (κ3) is 2.77. The molecular weight excluding hydrogens is 312 g/mol. The largest absolute Gasteiger partial charge is 0.439 e. The first kappa shape index (κ1) is 15.1. The number of ketones is 1. The molecular formula is C21H14N2O2. The Bertz CT molecular complexity index is 1080. The molecule has 0 N–H and O–H groups in total. The molecule has 0 saturated heterocycles. The fourth-order valence-electron chi connectivity index (χ4n) is 3.01. The number of benzene rings is 3. The van der Waals surface area contributed by atoms with E-state index in [1.807, 2.05) is 60.7 Å². The van der Waals surface area contributed by atoms with Crippen LogP contribution in [-0.2, 0) is 11.2 Å². The highest BCUT2D eigenvalue weighted by atomic mass is 16.3. The van der Waals surface area contributed by atoms with Crippen molar-refractivity contribution in [1.29, 1.82) is 5.26 Å². The van der Waals surface area contributed by atoms with Crippen molar-refractivity contribution >= 4 is 27.7 Å². The second kappa shape index (κ2) is 6.21. The standard InChI is InChI=1S/C21H14N2O2/c22-13-17(21-23-18-10-3-4-11-20(18)25-21)19(24)12-15-8-5-7-14-6-1-2-9-16(14)15/h1-11,17H,12H2. The van der Waals surface area contributed by atoms with Crippen LogP contribution in [0.25, 0.3) is 21.9 Å². The lowest BCUT2D eigenvalue weighted by Crippen LogP contribution is -2.14. The van der Waals surface area contributed by atoms with Crippen LogP contribution in [0.3, 0.4) is 0 Å². The summed E-state index contributed by atoms with van der Waals surface area (Å²) in [6, 6.07) is 23.0. The Morgan fingerprint density at radius 2 is 1.80 bits per heavy atom. The van der Waals surface area contributed by atoms with E-state index in [-0.39, 0.29) is 18.1 Å². The number of aromatic nitrogens is 1. The molecule has 120 valence electrons. The number of fused-ring (bicyclic) bond motifs is 2. The molecule has 0 saturated carbocycles. The number of nitriles is 1. The summed E-state index contributed by atoms with van der Waals surface area (Å²) in [6.07, 6.45) is 0.165. The van der Waals surface area contributed by atoms with Gasteiger partial charge in [0.15, 0.2) is 17.3 Å². The molecule has 3 aromatic carbocycles. The highest BCUT2D eigenvalue weighted by molar-refractivity contribution is 5.94. The summed E-state index contributed by atoms with van der Waals surface area (Å²) in [5.74, 6) is -1.06. The van der Waals surface area contributed by atoms with Crippen LogP contribution in [0.4, 0.5) is 0 Å². The summed E-state index contributed by atoms with van der Waals surface area (Å²) in [5.41, 5.74) is 2.13. The smallest absolute Gasteiger partial charge is 0.220 e. The van der Waals surface area contributed by atoms with Gasteiger partial charge in [-0.1, -0.05) is 54.6 Å². The van der Waals surface area contributed by atoms with Crippen LogP contribution in [0, 0.1) is 11.3 Å². The SMILES string of the molecule is N#CC(C(=O)Cc1cccc2ccccc12)c1nc2ccccc2o1. The van der Waals surface area contributed by atoms with Gasteiger partial charge in [0.1, 0.15) is 5.52 Å². The average Bonchev–Trinajstić information content (AvgIpc) is 3.06. The van der Waals surface area contributed by atoms with Gasteiger partial charge in [-0.2, -0.15) is 5.26 Å². The number of nitrogens with zero attached hydrogens (tertiary/aromatic N) is 2. The molecule has 4 heteroatoms. The van der Waals surface area contributed by atoms with Crippen molar-refractivity contribution in [2.24, 2.45) is 0 Å². The van der Waals surface area contributed by atoms with E-state index in [4.69, 9.17) is 4.42 Å². The lowest BCUT2D eigenvalue weighted by atomic mass is 9.95. The van der Waals surface area contributed by atoms with E-state index in [2.05, 4.69) is 4.98 Å². The summed E-state index contributed by atoms with van der Waals surface area (Å²) in [4.78, 5) is 17.0. The number of rotatable bonds is 4. The van der Waals surface area contributed by atoms with Crippen molar-refractivity contribution in [3.63, 3.8) is 0 Å². The number of oxazole rings is 1. The predicted molar refractivity (Wildman–Crippen MR) is 95.0 cm³/mol. The molecule has 1 heterocycles. The van der Waals surface area contributed by atoms with Gasteiger partial charge < -0.3 is 4.42 Å². The molecule has 0 bridgehead atoms. The van der Waals surface area contributed by atoms with Crippen molar-refractivity contribution in [3.8, 4) is 6.07 Å². The van der Waals surface area contributed by atoms with E-state index in [1.165, 1.54) is 0 Å². The van der Waals surface area contributed by atoms with E-state index in [9.17, 15) is 10.1 Å². The van der Waals surface area contributed by atoms with Crippen LogP contribution in [0.2, 0.25) is 0 Å². The van der Waals surface area contributed by atoms with Crippen molar-refractivity contribution in [3.05, 3.63) is 78.2 Å². The number of carbonyl (C=O) groups is 1. The number of Topliss-reactive ketones (excluding diaryl/α,β-unsaturated/α-hetero) is 1. The summed E-state index contributed by atoms with van der Waals surface area (Å²) >= 11 is 0. The number of para-hydroxylation sites is 2. The van der Waals surface area contributed by atoms with Crippen molar-refractivity contribution in [2.45, 2.75) is 12.3 Å². The Morgan fingerprint density at radius 3 is 2.64 bits per heavy atom. The minimum absolute atomic E-state index is 0.161. The maximum absolute atomic E-state index is 12.7. The van der Waals surface area contributed by atoms with E-state index < -0.39 is 5.92 Å². The third-order valence-electron chi connectivity index (χ3n) is 4.25. The van der Waals surface area contributed by atoms with Gasteiger partial charge in [0.05, 0.1) is 6.07 Å². The zero-order valence-electron chi connectivity index (χ0n) is 13.3. The van der Waals surface area contributed by atoms with Gasteiger partial charge in [0.25, 0.3) is 0 Å². The second-order valence-electron chi connectivity index (χ2n) is 5.86. The van der Waals surface area contributed by atoms with Gasteiger partial charge in [-0.25, -0.2) is 4.98 Å². The quantitative estimate of drug-likeness (QED) is 0.557. The Balaban J connectivity index is 1.67. The van der Waals surface area contributed by atoms with Crippen LogP contribution in [0.5, 0.6) is 0 Å². The van der Waals surface area contributed by atoms with E-state index in [0.717, 1.165) is 16.3 Å². The Hall–Kier alpha value is -3.45. The summed E-state index contributed by atoms with van der Waals surface area (Å²) in [7, 11) is 0. The highest BCUT2D eigenvalue weighted by Crippen LogP contribution is 2.25. The molecule has 0 aliphatic heterocycles. The molecule has 0 radical (unpaired) electrons. The van der Waals surface area contributed by atoms with Gasteiger partial charge >= 0.3 is 0 Å². The third-order valence-corrected chi connectivity index (χ3v) is 4.25. The zero-order valence-corrected chi connectivity index (χ0v) is 13.3. The summed E-state index contributed by atoms with van der Waals surface area (Å²) < 4.78 is 5.61. The van der Waals surface area contributed by atoms with Crippen LogP contribution in [-0.4, -0.2) is 10.8 Å². The van der Waals surface area contributed by atoms with Gasteiger partial charge in [-0.3, -0.25) is 4.79 Å². The van der Waals surface area contributed by atoms with Crippen molar-refractivity contribution in [2.75, 3.05) is 0 Å². The number of hydrogen-bond donors (Lipinski definition) is 0. The predicted octanol–water partition coefficient (Wildman–Crippen LogP) is 4.40. The number of carbonyl (C=O) groups excluding carboxylic acids is 1. The van der Waals surface area contributed by atoms with Crippen LogP contribution >= 0.6 is 0 Å². The normalized spacial score (nSPS) is 12.1. The molecule has 1 aromatic heterocycles. The van der Waals surface area contributed by atoms with Crippen LogP contribution < -0.4 is 0 Å². The van der Waals surface area contributed by atoms with Gasteiger partial charge in [0, 0.05) is 6.42 Å². The molecule has 0 fully saturated rings. The van der Waals surface area contributed by atoms with Crippen molar-refractivity contribution < 1.29 is 9.21 Å². The summed E-state index contributed by atoms with van der Waals surface area (Å²) in [5, 5.41) is 11.6. The van der Waals surface area contributed by atoms with E-state index in [0.29, 0.717) is 11.1 Å². The Kier molecular flexibility index (Phi) is 3.75. The van der Waals surface area contributed by atoms with E-state index >= 15 is 0 Å². The lowest BCUT2D eigenvalue weighted by molar-refractivity contribution is -0.119.